The summed E-state index contributed by atoms with van der Waals surface area (Å²) in [5, 5.41) is 2.24. The van der Waals surface area contributed by atoms with Crippen molar-refractivity contribution in [3.63, 3.8) is 0 Å². The summed E-state index contributed by atoms with van der Waals surface area (Å²) in [5.74, 6) is 0. The summed E-state index contributed by atoms with van der Waals surface area (Å²) in [6.07, 6.45) is -4.27. The van der Waals surface area contributed by atoms with Gasteiger partial charge in [-0.25, -0.2) is 0 Å². The van der Waals surface area contributed by atoms with E-state index in [2.05, 4.69) is 21.2 Å². The molecule has 1 rings (SSSR count). The minimum Gasteiger partial charge on any atom is -0.306 e. The van der Waals surface area contributed by atoms with E-state index in [1.807, 2.05) is 0 Å². The molecule has 1 unspecified atom stereocenters. The second-order valence-corrected chi connectivity index (χ2v) is 3.73. The Morgan fingerprint density at radius 3 is 2.43 bits per heavy atom. The molecule has 0 radical (unpaired) electrons. The molecule has 0 amide bonds. The molecule has 78 valence electrons. The summed E-state index contributed by atoms with van der Waals surface area (Å²) in [6, 6.07) is 4.55. The van der Waals surface area contributed by atoms with Crippen molar-refractivity contribution in [2.45, 2.75) is 12.2 Å². The first-order valence-electron chi connectivity index (χ1n) is 3.94. The van der Waals surface area contributed by atoms with Crippen LogP contribution in [-0.4, -0.2) is 13.2 Å². The van der Waals surface area contributed by atoms with E-state index in [4.69, 9.17) is 0 Å². The Kier molecular flexibility index (Phi) is 3.55. The normalized spacial score (nSPS) is 14.1. The van der Waals surface area contributed by atoms with Gasteiger partial charge in [-0.3, -0.25) is 0 Å². The molecule has 0 aliphatic carbocycles. The SMILES string of the molecule is CNC(c1cccc(Br)c1)C(F)(F)F. The Labute approximate surface area is 88.4 Å². The highest BCUT2D eigenvalue weighted by molar-refractivity contribution is 9.10. The molecule has 0 aliphatic heterocycles. The van der Waals surface area contributed by atoms with Crippen molar-refractivity contribution >= 4 is 15.9 Å². The van der Waals surface area contributed by atoms with E-state index in [9.17, 15) is 13.2 Å². The highest BCUT2D eigenvalue weighted by Crippen LogP contribution is 2.33. The maximum Gasteiger partial charge on any atom is 0.407 e. The van der Waals surface area contributed by atoms with Crippen LogP contribution in [0.25, 0.3) is 0 Å². The molecule has 0 saturated heterocycles. The van der Waals surface area contributed by atoms with Gasteiger partial charge in [-0.2, -0.15) is 13.2 Å². The van der Waals surface area contributed by atoms with Gasteiger partial charge in [0.15, 0.2) is 0 Å². The smallest absolute Gasteiger partial charge is 0.306 e. The van der Waals surface area contributed by atoms with Gasteiger partial charge in [0.2, 0.25) is 0 Å². The lowest BCUT2D eigenvalue weighted by Crippen LogP contribution is -2.31. The van der Waals surface area contributed by atoms with E-state index in [-0.39, 0.29) is 5.56 Å². The summed E-state index contributed by atoms with van der Waals surface area (Å²) >= 11 is 3.13. The zero-order valence-corrected chi connectivity index (χ0v) is 8.98. The molecule has 0 fully saturated rings. The number of halogens is 4. The lowest BCUT2D eigenvalue weighted by molar-refractivity contribution is -0.156. The number of benzene rings is 1. The summed E-state index contributed by atoms with van der Waals surface area (Å²) in [6.45, 7) is 0. The summed E-state index contributed by atoms with van der Waals surface area (Å²) < 4.78 is 38.0. The van der Waals surface area contributed by atoms with E-state index in [0.717, 1.165) is 0 Å². The first-order valence-corrected chi connectivity index (χ1v) is 4.74. The lowest BCUT2D eigenvalue weighted by atomic mass is 10.1. The van der Waals surface area contributed by atoms with Crippen molar-refractivity contribution in [2.75, 3.05) is 7.05 Å². The molecule has 0 aliphatic rings. The third kappa shape index (κ3) is 2.72. The van der Waals surface area contributed by atoms with Crippen LogP contribution in [0.3, 0.4) is 0 Å². The lowest BCUT2D eigenvalue weighted by Gasteiger charge is -2.19. The van der Waals surface area contributed by atoms with Crippen LogP contribution in [0, 0.1) is 0 Å². The average Bonchev–Trinajstić information content (AvgIpc) is 2.02. The molecule has 0 heterocycles. The Morgan fingerprint density at radius 2 is 2.00 bits per heavy atom. The Bertz CT molecular complexity index is 311. The standard InChI is InChI=1S/C9H9BrF3N/c1-14-8(9(11,12)13)6-3-2-4-7(10)5-6/h2-5,8,14H,1H3. The van der Waals surface area contributed by atoms with Gasteiger partial charge in [0.1, 0.15) is 6.04 Å². The number of hydrogen-bond acceptors (Lipinski definition) is 1. The number of nitrogens with one attached hydrogen (secondary N) is 1. The zero-order valence-electron chi connectivity index (χ0n) is 7.40. The third-order valence-corrected chi connectivity index (χ3v) is 2.29. The van der Waals surface area contributed by atoms with Crippen LogP contribution in [0.1, 0.15) is 11.6 Å². The van der Waals surface area contributed by atoms with Crippen LogP contribution in [0.4, 0.5) is 13.2 Å². The maximum absolute atomic E-state index is 12.5. The Hall–Kier alpha value is -0.550. The summed E-state index contributed by atoms with van der Waals surface area (Å²) in [7, 11) is 1.29. The molecule has 14 heavy (non-hydrogen) atoms. The van der Waals surface area contributed by atoms with E-state index in [1.165, 1.54) is 19.2 Å². The second-order valence-electron chi connectivity index (χ2n) is 2.82. The number of hydrogen-bond donors (Lipinski definition) is 1. The fourth-order valence-electron chi connectivity index (χ4n) is 1.21. The van der Waals surface area contributed by atoms with Gasteiger partial charge in [0.05, 0.1) is 0 Å². The molecule has 0 saturated carbocycles. The first kappa shape index (κ1) is 11.5. The molecular formula is C9H9BrF3N. The van der Waals surface area contributed by atoms with Gasteiger partial charge in [-0.05, 0) is 24.7 Å². The predicted octanol–water partition coefficient (Wildman–Crippen LogP) is 3.27. The molecule has 1 N–H and O–H groups in total. The molecule has 0 aromatic heterocycles. The predicted molar refractivity (Wildman–Crippen MR) is 52.0 cm³/mol. The molecule has 1 aromatic rings. The Morgan fingerprint density at radius 1 is 1.36 bits per heavy atom. The fourth-order valence-corrected chi connectivity index (χ4v) is 1.62. The first-order chi connectivity index (χ1) is 6.45. The van der Waals surface area contributed by atoms with Crippen molar-refractivity contribution in [3.8, 4) is 0 Å². The second kappa shape index (κ2) is 4.31. The number of rotatable bonds is 2. The molecule has 5 heteroatoms. The molecule has 1 atom stereocenters. The van der Waals surface area contributed by atoms with Gasteiger partial charge >= 0.3 is 6.18 Å². The minimum absolute atomic E-state index is 0.203. The minimum atomic E-state index is -4.27. The average molecular weight is 268 g/mol. The molecular weight excluding hydrogens is 259 g/mol. The third-order valence-electron chi connectivity index (χ3n) is 1.80. The van der Waals surface area contributed by atoms with Crippen molar-refractivity contribution in [2.24, 2.45) is 0 Å². The van der Waals surface area contributed by atoms with Gasteiger partial charge in [-0.1, -0.05) is 28.1 Å². The molecule has 1 nitrogen and oxygen atoms in total. The van der Waals surface area contributed by atoms with E-state index < -0.39 is 12.2 Å². The van der Waals surface area contributed by atoms with Crippen molar-refractivity contribution in [1.82, 2.24) is 5.32 Å². The van der Waals surface area contributed by atoms with Crippen molar-refractivity contribution in [3.05, 3.63) is 34.3 Å². The molecule has 0 bridgehead atoms. The van der Waals surface area contributed by atoms with E-state index >= 15 is 0 Å². The van der Waals surface area contributed by atoms with Crippen LogP contribution in [0.5, 0.6) is 0 Å². The van der Waals surface area contributed by atoms with Gasteiger partial charge in [0, 0.05) is 4.47 Å². The fraction of sp³-hybridized carbons (Fsp3) is 0.333. The maximum atomic E-state index is 12.5. The van der Waals surface area contributed by atoms with Crippen LogP contribution >= 0.6 is 15.9 Å². The van der Waals surface area contributed by atoms with E-state index in [1.54, 1.807) is 12.1 Å². The monoisotopic (exact) mass is 267 g/mol. The number of alkyl halides is 3. The topological polar surface area (TPSA) is 12.0 Å². The van der Waals surface area contributed by atoms with Crippen LogP contribution in [0.2, 0.25) is 0 Å². The largest absolute Gasteiger partial charge is 0.407 e. The summed E-state index contributed by atoms with van der Waals surface area (Å²) in [5.41, 5.74) is 0.203. The van der Waals surface area contributed by atoms with Crippen molar-refractivity contribution < 1.29 is 13.2 Å². The highest BCUT2D eigenvalue weighted by atomic mass is 79.9. The zero-order chi connectivity index (χ0) is 10.8. The van der Waals surface area contributed by atoms with Crippen molar-refractivity contribution in [1.29, 1.82) is 0 Å². The molecule has 0 spiro atoms. The van der Waals surface area contributed by atoms with Crippen LogP contribution in [0.15, 0.2) is 28.7 Å². The van der Waals surface area contributed by atoms with Gasteiger partial charge in [-0.15, -0.1) is 0 Å². The van der Waals surface area contributed by atoms with Crippen LogP contribution in [-0.2, 0) is 0 Å². The van der Waals surface area contributed by atoms with Gasteiger partial charge < -0.3 is 5.32 Å². The quantitative estimate of drug-likeness (QED) is 0.868. The summed E-state index contributed by atoms with van der Waals surface area (Å²) in [4.78, 5) is 0. The highest BCUT2D eigenvalue weighted by Gasteiger charge is 2.39. The molecule has 1 aromatic carbocycles. The van der Waals surface area contributed by atoms with Gasteiger partial charge in [0.25, 0.3) is 0 Å². The Balaban J connectivity index is 3.01. The van der Waals surface area contributed by atoms with Crippen LogP contribution < -0.4 is 5.32 Å². The van der Waals surface area contributed by atoms with E-state index in [0.29, 0.717) is 4.47 Å².